The van der Waals surface area contributed by atoms with E-state index in [1.54, 1.807) is 0 Å². The second kappa shape index (κ2) is 8.91. The third-order valence-corrected chi connectivity index (χ3v) is 10.7. The highest BCUT2D eigenvalue weighted by molar-refractivity contribution is 7.85. The highest BCUT2D eigenvalue weighted by Gasteiger charge is 2.49. The van der Waals surface area contributed by atoms with E-state index >= 15 is 0 Å². The number of amides is 1. The lowest BCUT2D eigenvalue weighted by Gasteiger charge is -2.49. The zero-order valence-electron chi connectivity index (χ0n) is 21.6. The molecule has 0 radical (unpaired) electrons. The van der Waals surface area contributed by atoms with Gasteiger partial charge in [0.05, 0.1) is 16.2 Å². The summed E-state index contributed by atoms with van der Waals surface area (Å²) in [5, 5.41) is 7.07. The van der Waals surface area contributed by atoms with Crippen LogP contribution in [-0.4, -0.2) is 44.5 Å². The maximum absolute atomic E-state index is 13.3. The van der Waals surface area contributed by atoms with Gasteiger partial charge in [0.2, 0.25) is 11.9 Å². The molecule has 1 saturated heterocycles. The molecule has 2 saturated carbocycles. The molecule has 6 rings (SSSR count). The van der Waals surface area contributed by atoms with Crippen LogP contribution >= 0.6 is 0 Å². The fourth-order valence-electron chi connectivity index (χ4n) is 6.71. The summed E-state index contributed by atoms with van der Waals surface area (Å²) in [6.07, 6.45) is 10.8. The van der Waals surface area contributed by atoms with Crippen molar-refractivity contribution in [2.24, 2.45) is 5.41 Å². The molecule has 1 aromatic heterocycles. The zero-order valence-corrected chi connectivity index (χ0v) is 22.4. The molecular formula is C28H37N5O2S. The SMILES string of the molecule is Cc1cc(S(=O)C2CC3(CCNCC3)C2)ccc1Nc1ncc2c(n1)N(C1CCCC1)C(=O)C2(C)C. The minimum absolute atomic E-state index is 0.126. The van der Waals surface area contributed by atoms with Crippen molar-refractivity contribution in [1.82, 2.24) is 15.3 Å². The third-order valence-electron chi connectivity index (χ3n) is 9.08. The van der Waals surface area contributed by atoms with E-state index in [2.05, 4.69) is 15.6 Å². The lowest BCUT2D eigenvalue weighted by atomic mass is 9.63. The maximum atomic E-state index is 13.3. The van der Waals surface area contributed by atoms with Crippen LogP contribution in [0.4, 0.5) is 17.5 Å². The highest BCUT2D eigenvalue weighted by Crippen LogP contribution is 2.51. The Morgan fingerprint density at radius 3 is 2.56 bits per heavy atom. The molecule has 2 aromatic rings. The number of aryl methyl sites for hydroxylation is 1. The average molecular weight is 508 g/mol. The van der Waals surface area contributed by atoms with Crippen molar-refractivity contribution in [1.29, 1.82) is 0 Å². The minimum Gasteiger partial charge on any atom is -0.324 e. The Kier molecular flexibility index (Phi) is 5.95. The van der Waals surface area contributed by atoms with Gasteiger partial charge in [-0.05, 0) is 102 Å². The number of carbonyl (C=O) groups is 1. The summed E-state index contributed by atoms with van der Waals surface area (Å²) in [6, 6.07) is 6.23. The molecule has 3 heterocycles. The van der Waals surface area contributed by atoms with Crippen LogP contribution in [-0.2, 0) is 21.0 Å². The molecule has 0 bridgehead atoms. The van der Waals surface area contributed by atoms with Gasteiger partial charge in [-0.15, -0.1) is 0 Å². The van der Waals surface area contributed by atoms with Crippen molar-refractivity contribution in [3.05, 3.63) is 35.5 Å². The van der Waals surface area contributed by atoms with E-state index in [4.69, 9.17) is 4.98 Å². The Morgan fingerprint density at radius 1 is 1.14 bits per heavy atom. The van der Waals surface area contributed by atoms with Crippen LogP contribution in [0.15, 0.2) is 29.3 Å². The average Bonchev–Trinajstić information content (AvgIpc) is 3.44. The number of benzene rings is 1. The molecule has 2 aliphatic heterocycles. The predicted octanol–water partition coefficient (Wildman–Crippen LogP) is 4.74. The van der Waals surface area contributed by atoms with Crippen molar-refractivity contribution < 1.29 is 9.00 Å². The van der Waals surface area contributed by atoms with E-state index in [0.29, 0.717) is 11.4 Å². The molecular weight excluding hydrogens is 470 g/mol. The number of carbonyl (C=O) groups excluding carboxylic acids is 1. The van der Waals surface area contributed by atoms with Gasteiger partial charge in [0.15, 0.2) is 0 Å². The van der Waals surface area contributed by atoms with Crippen LogP contribution in [0.25, 0.3) is 0 Å². The normalized spacial score (nSPS) is 24.1. The van der Waals surface area contributed by atoms with Crippen LogP contribution in [0, 0.1) is 12.3 Å². The largest absolute Gasteiger partial charge is 0.324 e. The van der Waals surface area contributed by atoms with E-state index in [1.807, 2.05) is 50.1 Å². The number of hydrogen-bond donors (Lipinski definition) is 2. The Bertz CT molecular complexity index is 1210. The van der Waals surface area contributed by atoms with E-state index in [-0.39, 0.29) is 17.2 Å². The van der Waals surface area contributed by atoms with E-state index < -0.39 is 16.2 Å². The van der Waals surface area contributed by atoms with Crippen LogP contribution in [0.2, 0.25) is 0 Å². The Balaban J connectivity index is 1.19. The smallest absolute Gasteiger partial charge is 0.238 e. The van der Waals surface area contributed by atoms with Crippen molar-refractivity contribution >= 4 is 34.2 Å². The first-order valence-corrected chi connectivity index (χ1v) is 14.7. The second-order valence-electron chi connectivity index (χ2n) is 11.8. The number of anilines is 3. The van der Waals surface area contributed by atoms with E-state index in [9.17, 15) is 9.00 Å². The Hall–Kier alpha value is -2.32. The molecule has 36 heavy (non-hydrogen) atoms. The molecule has 3 fully saturated rings. The summed E-state index contributed by atoms with van der Waals surface area (Å²) >= 11 is 0. The Labute approximate surface area is 216 Å². The van der Waals surface area contributed by atoms with Gasteiger partial charge in [-0.3, -0.25) is 13.9 Å². The molecule has 1 amide bonds. The standard InChI is InChI=1S/C28H37N5O2S/c1-18-14-20(36(35)21-15-28(16-21)10-12-29-13-11-28)8-9-23(18)31-26-30-17-22-24(32-26)33(19-6-4-5-7-19)25(34)27(22,2)3/h8-9,14,17,19,21,29H,4-7,10-13,15-16H2,1-3H3,(H,30,31,32). The number of nitrogens with one attached hydrogen (secondary N) is 2. The summed E-state index contributed by atoms with van der Waals surface area (Å²) in [6.45, 7) is 8.15. The fraction of sp³-hybridized carbons (Fsp3) is 0.607. The van der Waals surface area contributed by atoms with Crippen molar-refractivity contribution in [2.75, 3.05) is 23.3 Å². The first-order valence-electron chi connectivity index (χ1n) is 13.5. The lowest BCUT2D eigenvalue weighted by molar-refractivity contribution is -0.122. The van der Waals surface area contributed by atoms with Crippen LogP contribution < -0.4 is 15.5 Å². The summed E-state index contributed by atoms with van der Waals surface area (Å²) in [5.41, 5.74) is 2.64. The number of rotatable bonds is 5. The molecule has 8 heteroatoms. The van der Waals surface area contributed by atoms with Gasteiger partial charge in [0.1, 0.15) is 5.82 Å². The van der Waals surface area contributed by atoms with Crippen molar-refractivity contribution in [2.45, 2.75) is 93.7 Å². The predicted molar refractivity (Wildman–Crippen MR) is 143 cm³/mol. The zero-order chi connectivity index (χ0) is 25.1. The van der Waals surface area contributed by atoms with Gasteiger partial charge < -0.3 is 10.6 Å². The van der Waals surface area contributed by atoms with E-state index in [0.717, 1.165) is 79.1 Å². The fourth-order valence-corrected chi connectivity index (χ4v) is 8.60. The summed E-state index contributed by atoms with van der Waals surface area (Å²) in [5.74, 6) is 1.37. The van der Waals surface area contributed by atoms with Crippen LogP contribution in [0.5, 0.6) is 0 Å². The van der Waals surface area contributed by atoms with Gasteiger partial charge in [0.25, 0.3) is 0 Å². The quantitative estimate of drug-likeness (QED) is 0.608. The minimum atomic E-state index is -0.977. The van der Waals surface area contributed by atoms with Gasteiger partial charge in [-0.25, -0.2) is 4.98 Å². The maximum Gasteiger partial charge on any atom is 0.238 e. The van der Waals surface area contributed by atoms with Gasteiger partial charge >= 0.3 is 0 Å². The lowest BCUT2D eigenvalue weighted by Crippen LogP contribution is -2.49. The third kappa shape index (κ3) is 3.97. The molecule has 1 aromatic carbocycles. The number of aromatic nitrogens is 2. The van der Waals surface area contributed by atoms with Gasteiger partial charge in [-0.2, -0.15) is 4.98 Å². The van der Waals surface area contributed by atoms with E-state index in [1.165, 1.54) is 12.8 Å². The van der Waals surface area contributed by atoms with Crippen molar-refractivity contribution in [3.63, 3.8) is 0 Å². The summed E-state index contributed by atoms with van der Waals surface area (Å²) < 4.78 is 13.3. The Morgan fingerprint density at radius 2 is 1.86 bits per heavy atom. The second-order valence-corrected chi connectivity index (χ2v) is 13.6. The molecule has 1 atom stereocenters. The molecule has 1 unspecified atom stereocenters. The topological polar surface area (TPSA) is 87.2 Å². The van der Waals surface area contributed by atoms with Gasteiger partial charge in [0, 0.05) is 33.6 Å². The van der Waals surface area contributed by atoms with Crippen LogP contribution in [0.1, 0.15) is 76.3 Å². The molecule has 1 spiro atoms. The molecule has 192 valence electrons. The molecule has 2 N–H and O–H groups in total. The number of piperidine rings is 1. The first kappa shape index (κ1) is 24.0. The molecule has 2 aliphatic carbocycles. The highest BCUT2D eigenvalue weighted by atomic mass is 32.2. The first-order chi connectivity index (χ1) is 17.3. The number of fused-ring (bicyclic) bond motifs is 1. The molecule has 4 aliphatic rings. The molecule has 7 nitrogen and oxygen atoms in total. The van der Waals surface area contributed by atoms with Crippen LogP contribution in [0.3, 0.4) is 0 Å². The summed E-state index contributed by atoms with van der Waals surface area (Å²) in [7, 11) is -0.977. The van der Waals surface area contributed by atoms with Gasteiger partial charge in [-0.1, -0.05) is 12.8 Å². The summed E-state index contributed by atoms with van der Waals surface area (Å²) in [4.78, 5) is 25.5. The number of hydrogen-bond acceptors (Lipinski definition) is 6. The monoisotopic (exact) mass is 507 g/mol. The van der Waals surface area contributed by atoms with Crippen molar-refractivity contribution in [3.8, 4) is 0 Å². The number of nitrogens with zero attached hydrogens (tertiary/aromatic N) is 3.